The molecule has 2 aliphatic rings. The average molecular weight is 411 g/mol. The Morgan fingerprint density at radius 2 is 1.86 bits per heavy atom. The number of nitrogens with zero attached hydrogens (tertiary/aromatic N) is 3. The molecule has 8 heteroatoms. The van der Waals surface area contributed by atoms with Gasteiger partial charge in [0, 0.05) is 61.6 Å². The molecule has 1 aromatic rings. The minimum atomic E-state index is -0.250. The van der Waals surface area contributed by atoms with E-state index in [0.717, 1.165) is 56.4 Å². The highest BCUT2D eigenvalue weighted by Crippen LogP contribution is 2.22. The molecule has 2 N–H and O–H groups in total. The van der Waals surface area contributed by atoms with Crippen LogP contribution in [-0.2, 0) is 4.79 Å². The van der Waals surface area contributed by atoms with Gasteiger partial charge < -0.3 is 20.2 Å². The van der Waals surface area contributed by atoms with Crippen molar-refractivity contribution in [2.24, 2.45) is 0 Å². The maximum absolute atomic E-state index is 12.6. The van der Waals surface area contributed by atoms with E-state index >= 15 is 0 Å². The van der Waals surface area contributed by atoms with Crippen molar-refractivity contribution >= 4 is 29.8 Å². The number of nitrogens with one attached hydrogen (secondary N) is 1. The second-order valence-electron chi connectivity index (χ2n) is 8.11. The lowest BCUT2D eigenvalue weighted by molar-refractivity contribution is -0.122. The number of amides is 2. The average Bonchev–Trinajstić information content (AvgIpc) is 3.11. The van der Waals surface area contributed by atoms with Crippen LogP contribution in [0.4, 0.5) is 10.5 Å². The zero-order chi connectivity index (χ0) is 20.7. The monoisotopic (exact) mass is 410 g/mol. The molecule has 1 atom stereocenters. The van der Waals surface area contributed by atoms with E-state index in [4.69, 9.17) is 21.5 Å². The predicted octanol–water partition coefficient (Wildman–Crippen LogP) is 2.75. The number of carbonyl (C=O) groups excluding carboxylic acids is 1. The number of urea groups is 1. The van der Waals surface area contributed by atoms with Crippen molar-refractivity contribution in [3.05, 3.63) is 29.3 Å². The maximum atomic E-state index is 12.6. The zero-order valence-electron chi connectivity index (χ0n) is 16.9. The summed E-state index contributed by atoms with van der Waals surface area (Å²) in [6, 6.07) is 8.25. The summed E-state index contributed by atoms with van der Waals surface area (Å²) in [4.78, 5) is 27.6. The van der Waals surface area contributed by atoms with Gasteiger partial charge in [-0.25, -0.2) is 4.79 Å². The van der Waals surface area contributed by atoms with E-state index in [1.807, 2.05) is 23.1 Å². The number of anilines is 1. The van der Waals surface area contributed by atoms with E-state index in [1.165, 1.54) is 0 Å². The molecule has 0 radical (unpaired) electrons. The molecule has 156 valence electrons. The second-order valence-corrected chi connectivity index (χ2v) is 8.55. The lowest BCUT2D eigenvalue weighted by atomic mass is 10.1. The Morgan fingerprint density at radius 3 is 2.39 bits per heavy atom. The molecular weight excluding hydrogens is 380 g/mol. The Hall–Kier alpha value is -1.99. The molecule has 2 heterocycles. The molecule has 0 saturated carbocycles. The smallest absolute Gasteiger partial charge is 0.317 e. The number of carbonyl (C=O) groups is 2. The first-order chi connectivity index (χ1) is 13.2. The first-order valence-electron chi connectivity index (χ1n) is 9.63. The van der Waals surface area contributed by atoms with Crippen molar-refractivity contribution in [1.82, 2.24) is 15.1 Å². The highest BCUT2D eigenvalue weighted by atomic mass is 35.5. The van der Waals surface area contributed by atoms with Gasteiger partial charge in [0.2, 0.25) is 0 Å². The summed E-state index contributed by atoms with van der Waals surface area (Å²) in [5.74, 6) is 0. The molecule has 1 unspecified atom stereocenters. The van der Waals surface area contributed by atoms with Crippen LogP contribution in [-0.4, -0.2) is 78.3 Å². The SMILES string of the molecule is CC(C)(C)N1CCC(NC(=O)N2CCN(c3cccc(Cl)c3)CC2)C1.O=CO. The minimum absolute atomic E-state index is 0.0755. The normalized spacial score (nSPS) is 20.4. The van der Waals surface area contributed by atoms with E-state index in [2.05, 4.69) is 42.0 Å². The molecule has 0 aliphatic carbocycles. The van der Waals surface area contributed by atoms with Crippen LogP contribution in [0.5, 0.6) is 0 Å². The van der Waals surface area contributed by atoms with Crippen LogP contribution in [0.25, 0.3) is 0 Å². The molecule has 2 aliphatic heterocycles. The van der Waals surface area contributed by atoms with Gasteiger partial charge in [0.15, 0.2) is 0 Å². The van der Waals surface area contributed by atoms with Crippen molar-refractivity contribution in [3.63, 3.8) is 0 Å². The van der Waals surface area contributed by atoms with Crippen molar-refractivity contribution < 1.29 is 14.7 Å². The Labute approximate surface area is 172 Å². The number of benzene rings is 1. The predicted molar refractivity (Wildman–Crippen MR) is 112 cm³/mol. The molecule has 2 fully saturated rings. The van der Waals surface area contributed by atoms with Gasteiger partial charge in [-0.1, -0.05) is 17.7 Å². The summed E-state index contributed by atoms with van der Waals surface area (Å²) in [7, 11) is 0. The van der Waals surface area contributed by atoms with Gasteiger partial charge in [-0.3, -0.25) is 9.69 Å². The van der Waals surface area contributed by atoms with Crippen LogP contribution < -0.4 is 10.2 Å². The number of rotatable bonds is 2. The lowest BCUT2D eigenvalue weighted by Crippen LogP contribution is -2.54. The van der Waals surface area contributed by atoms with Crippen molar-refractivity contribution in [3.8, 4) is 0 Å². The third kappa shape index (κ3) is 6.27. The van der Waals surface area contributed by atoms with Crippen LogP contribution in [0.1, 0.15) is 27.2 Å². The largest absolute Gasteiger partial charge is 0.483 e. The molecule has 0 bridgehead atoms. The Kier molecular flexibility index (Phi) is 7.95. The Morgan fingerprint density at radius 1 is 1.21 bits per heavy atom. The number of carboxylic acid groups (broad SMARTS) is 1. The van der Waals surface area contributed by atoms with E-state index in [1.54, 1.807) is 0 Å². The molecule has 28 heavy (non-hydrogen) atoms. The lowest BCUT2D eigenvalue weighted by Gasteiger charge is -2.36. The number of halogens is 1. The number of hydrogen-bond donors (Lipinski definition) is 2. The van der Waals surface area contributed by atoms with E-state index in [9.17, 15) is 4.79 Å². The van der Waals surface area contributed by atoms with Crippen LogP contribution in [0.15, 0.2) is 24.3 Å². The van der Waals surface area contributed by atoms with Gasteiger partial charge >= 0.3 is 6.03 Å². The molecular formula is C20H31ClN4O3. The summed E-state index contributed by atoms with van der Waals surface area (Å²) in [6.07, 6.45) is 1.03. The number of piperazine rings is 1. The topological polar surface area (TPSA) is 76.1 Å². The fraction of sp³-hybridized carbons (Fsp3) is 0.600. The summed E-state index contributed by atoms with van der Waals surface area (Å²) in [5.41, 5.74) is 1.30. The highest BCUT2D eigenvalue weighted by Gasteiger charge is 2.32. The summed E-state index contributed by atoms with van der Waals surface area (Å²) in [5, 5.41) is 10.9. The molecule has 3 rings (SSSR count). The van der Waals surface area contributed by atoms with Gasteiger partial charge in [-0.05, 0) is 45.4 Å². The maximum Gasteiger partial charge on any atom is 0.317 e. The van der Waals surface area contributed by atoms with Crippen LogP contribution >= 0.6 is 11.6 Å². The number of likely N-dealkylation sites (tertiary alicyclic amines) is 1. The van der Waals surface area contributed by atoms with Gasteiger partial charge in [0.1, 0.15) is 0 Å². The second kappa shape index (κ2) is 9.98. The van der Waals surface area contributed by atoms with Crippen LogP contribution in [0.2, 0.25) is 5.02 Å². The third-order valence-electron chi connectivity index (χ3n) is 5.20. The van der Waals surface area contributed by atoms with E-state index < -0.39 is 0 Å². The molecule has 2 amide bonds. The van der Waals surface area contributed by atoms with E-state index in [0.29, 0.717) is 0 Å². The van der Waals surface area contributed by atoms with Crippen molar-refractivity contribution in [2.45, 2.75) is 38.8 Å². The fourth-order valence-electron chi connectivity index (χ4n) is 3.59. The zero-order valence-corrected chi connectivity index (χ0v) is 17.7. The summed E-state index contributed by atoms with van der Waals surface area (Å²) < 4.78 is 0. The Bertz CT molecular complexity index is 657. The van der Waals surface area contributed by atoms with E-state index in [-0.39, 0.29) is 24.1 Å². The first kappa shape index (κ1) is 22.3. The Balaban J connectivity index is 0.000000878. The van der Waals surface area contributed by atoms with Gasteiger partial charge in [-0.15, -0.1) is 0 Å². The molecule has 2 saturated heterocycles. The summed E-state index contributed by atoms with van der Waals surface area (Å²) >= 11 is 6.08. The van der Waals surface area contributed by atoms with Gasteiger partial charge in [0.25, 0.3) is 6.47 Å². The van der Waals surface area contributed by atoms with Crippen LogP contribution in [0, 0.1) is 0 Å². The molecule has 0 spiro atoms. The highest BCUT2D eigenvalue weighted by molar-refractivity contribution is 6.30. The molecule has 7 nitrogen and oxygen atoms in total. The van der Waals surface area contributed by atoms with Crippen molar-refractivity contribution in [2.75, 3.05) is 44.2 Å². The minimum Gasteiger partial charge on any atom is -0.483 e. The van der Waals surface area contributed by atoms with Gasteiger partial charge in [-0.2, -0.15) is 0 Å². The fourth-order valence-corrected chi connectivity index (χ4v) is 3.78. The standard InChI is InChI=1S/C19H29ClN4O.CH2O2/c1-19(2,3)24-8-7-16(14-24)21-18(25)23-11-9-22(10-12-23)17-6-4-5-15(20)13-17;2-1-3/h4-6,13,16H,7-12,14H2,1-3H3,(H,21,25);1H,(H,2,3). The summed E-state index contributed by atoms with van der Waals surface area (Å²) in [6.45, 7) is 11.6. The van der Waals surface area contributed by atoms with Crippen molar-refractivity contribution in [1.29, 1.82) is 0 Å². The number of hydrogen-bond acceptors (Lipinski definition) is 4. The molecule has 0 aromatic heterocycles. The van der Waals surface area contributed by atoms with Crippen LogP contribution in [0.3, 0.4) is 0 Å². The third-order valence-corrected chi connectivity index (χ3v) is 5.44. The molecule has 1 aromatic carbocycles. The quantitative estimate of drug-likeness (QED) is 0.733. The first-order valence-corrected chi connectivity index (χ1v) is 10.0. The van der Waals surface area contributed by atoms with Gasteiger partial charge in [0.05, 0.1) is 0 Å².